The molecule has 0 aliphatic carbocycles. The third-order valence-corrected chi connectivity index (χ3v) is 2.79. The van der Waals surface area contributed by atoms with Crippen LogP contribution in [0.1, 0.15) is 0 Å². The van der Waals surface area contributed by atoms with Crippen LogP contribution in [-0.2, 0) is 0 Å². The Balaban J connectivity index is 2.14. The molecule has 0 fully saturated rings. The van der Waals surface area contributed by atoms with Gasteiger partial charge in [-0.3, -0.25) is 0 Å². The van der Waals surface area contributed by atoms with E-state index in [1.165, 1.54) is 0 Å². The highest BCUT2D eigenvalue weighted by molar-refractivity contribution is 9.10. The zero-order chi connectivity index (χ0) is 12.1. The Morgan fingerprint density at radius 3 is 2.76 bits per heavy atom. The molecule has 0 unspecified atom stereocenters. The smallest absolute Gasteiger partial charge is 0.119 e. The lowest BCUT2D eigenvalue weighted by molar-refractivity contribution is 0.328. The minimum atomic E-state index is 0.342. The van der Waals surface area contributed by atoms with Crippen LogP contribution in [0.5, 0.6) is 5.75 Å². The first-order valence-electron chi connectivity index (χ1n) is 5.12. The van der Waals surface area contributed by atoms with E-state index in [-0.39, 0.29) is 0 Å². The summed E-state index contributed by atoms with van der Waals surface area (Å²) < 4.78 is 6.53. The highest BCUT2D eigenvalue weighted by Gasteiger charge is 1.98. The fourth-order valence-electron chi connectivity index (χ4n) is 1.53. The maximum absolute atomic E-state index is 8.13. The lowest BCUT2D eigenvalue weighted by atomic mass is 10.1. The van der Waals surface area contributed by atoms with Crippen LogP contribution in [-0.4, -0.2) is 13.2 Å². The van der Waals surface area contributed by atoms with E-state index in [0.717, 1.165) is 21.0 Å². The molecule has 0 N–H and O–H groups in total. The summed E-state index contributed by atoms with van der Waals surface area (Å²) >= 11 is 3.43. The van der Waals surface area contributed by atoms with Crippen LogP contribution in [0.25, 0.3) is 21.2 Å². The molecule has 0 spiro atoms. The summed E-state index contributed by atoms with van der Waals surface area (Å²) in [6.07, 6.45) is 0. The molecule has 0 saturated carbocycles. The topological polar surface area (TPSA) is 58.0 Å². The van der Waals surface area contributed by atoms with Crippen LogP contribution in [0.4, 0.5) is 0 Å². The molecule has 0 heterocycles. The van der Waals surface area contributed by atoms with Gasteiger partial charge < -0.3 is 4.74 Å². The number of fused-ring (bicyclic) bond motifs is 1. The number of rotatable bonds is 4. The summed E-state index contributed by atoms with van der Waals surface area (Å²) in [5.41, 5.74) is 8.13. The highest BCUT2D eigenvalue weighted by atomic mass is 79.9. The molecule has 0 radical (unpaired) electrons. The van der Waals surface area contributed by atoms with Crippen molar-refractivity contribution in [1.29, 1.82) is 0 Å². The van der Waals surface area contributed by atoms with Crippen molar-refractivity contribution in [2.45, 2.75) is 0 Å². The predicted octanol–water partition coefficient (Wildman–Crippen LogP) is 4.29. The molecule has 17 heavy (non-hydrogen) atoms. The predicted molar refractivity (Wildman–Crippen MR) is 71.2 cm³/mol. The molecule has 0 aliphatic heterocycles. The zero-order valence-electron chi connectivity index (χ0n) is 9.01. The van der Waals surface area contributed by atoms with Crippen molar-refractivity contribution >= 4 is 26.7 Å². The summed E-state index contributed by atoms with van der Waals surface area (Å²) in [5, 5.41) is 5.68. The summed E-state index contributed by atoms with van der Waals surface area (Å²) in [4.78, 5) is 2.67. The summed E-state index contributed by atoms with van der Waals surface area (Å²) in [6, 6.07) is 12.0. The number of hydrogen-bond acceptors (Lipinski definition) is 2. The van der Waals surface area contributed by atoms with Gasteiger partial charge in [0, 0.05) is 9.38 Å². The van der Waals surface area contributed by atoms with Gasteiger partial charge in [0.2, 0.25) is 0 Å². The van der Waals surface area contributed by atoms with Crippen molar-refractivity contribution in [2.24, 2.45) is 5.11 Å². The third-order valence-electron chi connectivity index (χ3n) is 2.30. The standard InChI is InChI=1S/C12H10BrN3O/c13-11-3-1-10-8-12(4-2-9(10)7-11)17-6-5-15-16-14/h1-4,7-8H,5-6H2. The molecule has 86 valence electrons. The molecule has 4 nitrogen and oxygen atoms in total. The van der Waals surface area contributed by atoms with Crippen LogP contribution in [0.2, 0.25) is 0 Å². The average molecular weight is 292 g/mol. The van der Waals surface area contributed by atoms with Crippen LogP contribution in [0.15, 0.2) is 46.0 Å². The molecule has 0 saturated heterocycles. The fourth-order valence-corrected chi connectivity index (χ4v) is 1.91. The molecular weight excluding hydrogens is 282 g/mol. The van der Waals surface area contributed by atoms with E-state index in [1.807, 2.05) is 30.3 Å². The first-order valence-corrected chi connectivity index (χ1v) is 5.92. The Morgan fingerprint density at radius 2 is 1.94 bits per heavy atom. The molecule has 0 amide bonds. The van der Waals surface area contributed by atoms with Crippen molar-refractivity contribution in [1.82, 2.24) is 0 Å². The maximum Gasteiger partial charge on any atom is 0.119 e. The highest BCUT2D eigenvalue weighted by Crippen LogP contribution is 2.23. The van der Waals surface area contributed by atoms with E-state index in [9.17, 15) is 0 Å². The van der Waals surface area contributed by atoms with Crippen molar-refractivity contribution in [3.05, 3.63) is 51.3 Å². The average Bonchev–Trinajstić information content (AvgIpc) is 2.35. The van der Waals surface area contributed by atoms with Gasteiger partial charge in [0.25, 0.3) is 0 Å². The molecule has 5 heteroatoms. The Hall–Kier alpha value is -1.71. The monoisotopic (exact) mass is 291 g/mol. The Morgan fingerprint density at radius 1 is 1.18 bits per heavy atom. The van der Waals surface area contributed by atoms with Crippen molar-refractivity contribution in [3.8, 4) is 5.75 Å². The van der Waals surface area contributed by atoms with Gasteiger partial charge in [-0.15, -0.1) is 0 Å². The lowest BCUT2D eigenvalue weighted by Gasteiger charge is -2.05. The first-order chi connectivity index (χ1) is 8.29. The van der Waals surface area contributed by atoms with E-state index < -0.39 is 0 Å². The Kier molecular flexibility index (Phi) is 3.85. The molecule has 0 bridgehead atoms. The van der Waals surface area contributed by atoms with Gasteiger partial charge in [-0.2, -0.15) is 0 Å². The van der Waals surface area contributed by atoms with Gasteiger partial charge in [0.05, 0.1) is 13.2 Å². The van der Waals surface area contributed by atoms with E-state index in [4.69, 9.17) is 10.3 Å². The lowest BCUT2D eigenvalue weighted by Crippen LogP contribution is -1.99. The van der Waals surface area contributed by atoms with Crippen LogP contribution < -0.4 is 4.74 Å². The van der Waals surface area contributed by atoms with Crippen molar-refractivity contribution in [2.75, 3.05) is 13.2 Å². The maximum atomic E-state index is 8.13. The normalized spacial score (nSPS) is 9.94. The van der Waals surface area contributed by atoms with Crippen LogP contribution in [0, 0.1) is 0 Å². The summed E-state index contributed by atoms with van der Waals surface area (Å²) in [6.45, 7) is 0.737. The van der Waals surface area contributed by atoms with Crippen molar-refractivity contribution < 1.29 is 4.74 Å². The Labute approximate surface area is 107 Å². The SMILES string of the molecule is [N-]=[N+]=NCCOc1ccc2cc(Br)ccc2c1. The zero-order valence-corrected chi connectivity index (χ0v) is 10.6. The summed E-state index contributed by atoms with van der Waals surface area (Å²) in [7, 11) is 0. The molecular formula is C12H10BrN3O. The quantitative estimate of drug-likeness (QED) is 0.359. The number of ether oxygens (including phenoxy) is 1. The largest absolute Gasteiger partial charge is 0.493 e. The van der Waals surface area contributed by atoms with Gasteiger partial charge in [-0.05, 0) is 40.6 Å². The number of nitrogens with zero attached hydrogens (tertiary/aromatic N) is 3. The van der Waals surface area contributed by atoms with Gasteiger partial charge in [-0.1, -0.05) is 33.2 Å². The molecule has 2 aromatic carbocycles. The van der Waals surface area contributed by atoms with Gasteiger partial charge in [-0.25, -0.2) is 0 Å². The fraction of sp³-hybridized carbons (Fsp3) is 0.167. The molecule has 0 atom stereocenters. The second-order valence-electron chi connectivity index (χ2n) is 3.46. The third kappa shape index (κ3) is 3.12. The first kappa shape index (κ1) is 11.8. The number of azide groups is 1. The van der Waals surface area contributed by atoms with E-state index >= 15 is 0 Å². The van der Waals surface area contributed by atoms with Gasteiger partial charge in [0.1, 0.15) is 5.75 Å². The second kappa shape index (κ2) is 5.57. The molecule has 2 aromatic rings. The van der Waals surface area contributed by atoms with Gasteiger partial charge >= 0.3 is 0 Å². The minimum Gasteiger partial charge on any atom is -0.493 e. The number of halogens is 1. The summed E-state index contributed by atoms with van der Waals surface area (Å²) in [5.74, 6) is 0.785. The van der Waals surface area contributed by atoms with E-state index in [2.05, 4.69) is 32.0 Å². The molecule has 0 aliphatic rings. The number of hydrogen-bond donors (Lipinski definition) is 0. The number of benzene rings is 2. The molecule has 0 aromatic heterocycles. The minimum absolute atomic E-state index is 0.342. The van der Waals surface area contributed by atoms with E-state index in [1.54, 1.807) is 0 Å². The van der Waals surface area contributed by atoms with Crippen molar-refractivity contribution in [3.63, 3.8) is 0 Å². The van der Waals surface area contributed by atoms with Crippen LogP contribution in [0.3, 0.4) is 0 Å². The molecule has 2 rings (SSSR count). The second-order valence-corrected chi connectivity index (χ2v) is 4.37. The van der Waals surface area contributed by atoms with Gasteiger partial charge in [0.15, 0.2) is 0 Å². The van der Waals surface area contributed by atoms with E-state index in [0.29, 0.717) is 13.2 Å². The van der Waals surface area contributed by atoms with Crippen LogP contribution >= 0.6 is 15.9 Å². The Bertz CT molecular complexity index is 579.